The fraction of sp³-hybridized carbons (Fsp3) is 0.500. The number of nitrogens with two attached hydrogens (primary N) is 2. The third-order valence-corrected chi connectivity index (χ3v) is 4.29. The van der Waals surface area contributed by atoms with Crippen LogP contribution in [0, 0.1) is 13.8 Å². The zero-order valence-electron chi connectivity index (χ0n) is 14.3. The number of nitrogen functional groups attached to an aromatic ring is 2. The first-order chi connectivity index (χ1) is 11.0. The van der Waals surface area contributed by atoms with Crippen LogP contribution in [0.1, 0.15) is 43.6 Å². The van der Waals surface area contributed by atoms with Crippen molar-refractivity contribution in [1.82, 2.24) is 5.16 Å². The molecule has 3 rings (SSSR count). The summed E-state index contributed by atoms with van der Waals surface area (Å²) in [7, 11) is 1.82. The van der Waals surface area contributed by atoms with Crippen molar-refractivity contribution in [2.45, 2.75) is 52.1 Å². The van der Waals surface area contributed by atoms with Gasteiger partial charge in [0.1, 0.15) is 5.76 Å². The van der Waals surface area contributed by atoms with Gasteiger partial charge >= 0.3 is 0 Å². The molecule has 5 heteroatoms. The molecule has 0 unspecified atom stereocenters. The lowest BCUT2D eigenvalue weighted by atomic mass is 9.98. The molecule has 1 aromatic heterocycles. The van der Waals surface area contributed by atoms with Gasteiger partial charge in [0.25, 0.3) is 0 Å². The summed E-state index contributed by atoms with van der Waals surface area (Å²) in [4.78, 5) is 0. The van der Waals surface area contributed by atoms with Crippen LogP contribution in [0.3, 0.4) is 0 Å². The van der Waals surface area contributed by atoms with E-state index in [2.05, 4.69) is 5.16 Å². The highest BCUT2D eigenvalue weighted by atomic mass is 16.5. The van der Waals surface area contributed by atoms with E-state index in [1.54, 1.807) is 6.07 Å². The van der Waals surface area contributed by atoms with Crippen LogP contribution < -0.4 is 11.5 Å². The quantitative estimate of drug-likeness (QED) is 0.815. The van der Waals surface area contributed by atoms with Crippen LogP contribution in [0.25, 0.3) is 11.1 Å². The normalized spacial score (nSPS) is 15.1. The smallest absolute Gasteiger partial charge is 0.141 e. The Morgan fingerprint density at radius 1 is 1.09 bits per heavy atom. The summed E-state index contributed by atoms with van der Waals surface area (Å²) in [5.74, 6) is 0.789. The summed E-state index contributed by atoms with van der Waals surface area (Å²) in [6, 6.07) is 5.54. The van der Waals surface area contributed by atoms with Gasteiger partial charge in [-0.05, 0) is 44.4 Å². The van der Waals surface area contributed by atoms with Crippen LogP contribution in [0.15, 0.2) is 22.7 Å². The number of hydrogen-bond acceptors (Lipinski definition) is 5. The average Bonchev–Trinajstić information content (AvgIpc) is 2.90. The molecule has 0 bridgehead atoms. The second-order valence-electron chi connectivity index (χ2n) is 6.04. The van der Waals surface area contributed by atoms with Gasteiger partial charge in [-0.15, -0.1) is 0 Å². The Bertz CT molecular complexity index is 612. The van der Waals surface area contributed by atoms with Crippen molar-refractivity contribution in [1.29, 1.82) is 0 Å². The minimum Gasteiger partial charge on any atom is -0.397 e. The fourth-order valence-electron chi connectivity index (χ4n) is 2.93. The van der Waals surface area contributed by atoms with Crippen molar-refractivity contribution in [3.8, 4) is 11.1 Å². The number of nitrogens with zero attached hydrogens (tertiary/aromatic N) is 1. The summed E-state index contributed by atoms with van der Waals surface area (Å²) in [5.41, 5.74) is 15.4. The van der Waals surface area contributed by atoms with Gasteiger partial charge < -0.3 is 20.7 Å². The Kier molecular flexibility index (Phi) is 6.04. The molecule has 23 heavy (non-hydrogen) atoms. The van der Waals surface area contributed by atoms with Crippen LogP contribution in [0.2, 0.25) is 0 Å². The molecule has 0 radical (unpaired) electrons. The Morgan fingerprint density at radius 3 is 2.26 bits per heavy atom. The molecule has 1 aromatic carbocycles. The summed E-state index contributed by atoms with van der Waals surface area (Å²) >= 11 is 0. The molecule has 0 saturated heterocycles. The van der Waals surface area contributed by atoms with Crippen molar-refractivity contribution in [2.24, 2.45) is 0 Å². The molecule has 5 nitrogen and oxygen atoms in total. The summed E-state index contributed by atoms with van der Waals surface area (Å²) in [6.45, 7) is 3.78. The Balaban J connectivity index is 0.000000203. The second kappa shape index (κ2) is 8.02. The first-order valence-corrected chi connectivity index (χ1v) is 8.14. The van der Waals surface area contributed by atoms with Crippen molar-refractivity contribution >= 4 is 11.4 Å². The molecule has 1 fully saturated rings. The maximum absolute atomic E-state index is 5.75. The molecular formula is C18H27N3O2. The number of benzene rings is 1. The van der Waals surface area contributed by atoms with E-state index in [1.807, 2.05) is 33.1 Å². The Hall–Kier alpha value is -2.01. The molecule has 0 spiro atoms. The molecule has 1 heterocycles. The summed E-state index contributed by atoms with van der Waals surface area (Å²) < 4.78 is 10.3. The van der Waals surface area contributed by atoms with E-state index in [0.29, 0.717) is 17.5 Å². The predicted molar refractivity (Wildman–Crippen MR) is 94.1 cm³/mol. The maximum atomic E-state index is 5.75. The number of methoxy groups -OCH3 is 1. The van der Waals surface area contributed by atoms with Crippen molar-refractivity contribution in [3.63, 3.8) is 0 Å². The largest absolute Gasteiger partial charge is 0.397 e. The second-order valence-corrected chi connectivity index (χ2v) is 6.04. The molecule has 2 aromatic rings. The maximum Gasteiger partial charge on any atom is 0.141 e. The lowest BCUT2D eigenvalue weighted by Gasteiger charge is -2.19. The van der Waals surface area contributed by atoms with Gasteiger partial charge in [0, 0.05) is 12.7 Å². The molecule has 1 aliphatic carbocycles. The molecule has 1 saturated carbocycles. The number of ether oxygens (including phenoxy) is 1. The van der Waals surface area contributed by atoms with E-state index in [1.165, 1.54) is 32.1 Å². The highest BCUT2D eigenvalue weighted by Gasteiger charge is 2.12. The first-order valence-electron chi connectivity index (χ1n) is 8.14. The number of aromatic nitrogens is 1. The van der Waals surface area contributed by atoms with Gasteiger partial charge in [0.05, 0.1) is 23.2 Å². The molecule has 1 aliphatic rings. The number of hydrogen-bond donors (Lipinski definition) is 2. The highest BCUT2D eigenvalue weighted by Crippen LogP contribution is 2.30. The van der Waals surface area contributed by atoms with Crippen LogP contribution in [-0.2, 0) is 4.74 Å². The summed E-state index contributed by atoms with van der Waals surface area (Å²) in [6.07, 6.45) is 7.33. The standard InChI is InChI=1S/C11H13N3O.C7H14O/c1-6-11(7(2)15-14-6)8-3-4-9(12)10(13)5-8;1-8-7-5-3-2-4-6-7/h3-5H,12-13H2,1-2H3;7H,2-6H2,1H3. The lowest BCUT2D eigenvalue weighted by molar-refractivity contribution is 0.0710. The van der Waals surface area contributed by atoms with E-state index in [-0.39, 0.29) is 0 Å². The topological polar surface area (TPSA) is 87.3 Å². The van der Waals surface area contributed by atoms with Gasteiger partial charge in [0.15, 0.2) is 0 Å². The monoisotopic (exact) mass is 317 g/mol. The van der Waals surface area contributed by atoms with E-state index in [9.17, 15) is 0 Å². The van der Waals surface area contributed by atoms with Crippen molar-refractivity contribution in [2.75, 3.05) is 18.6 Å². The van der Waals surface area contributed by atoms with Crippen LogP contribution in [-0.4, -0.2) is 18.4 Å². The summed E-state index contributed by atoms with van der Waals surface area (Å²) in [5, 5.41) is 3.90. The Morgan fingerprint density at radius 2 is 1.78 bits per heavy atom. The zero-order chi connectivity index (χ0) is 16.8. The SMILES string of the molecule is COC1CCCCC1.Cc1noc(C)c1-c1ccc(N)c(N)c1. The lowest BCUT2D eigenvalue weighted by Crippen LogP contribution is -2.13. The molecular weight excluding hydrogens is 290 g/mol. The minimum atomic E-state index is 0.576. The van der Waals surface area contributed by atoms with Gasteiger partial charge in [-0.2, -0.15) is 0 Å². The first kappa shape index (κ1) is 17.3. The minimum absolute atomic E-state index is 0.576. The molecule has 0 aliphatic heterocycles. The van der Waals surface area contributed by atoms with Gasteiger partial charge in [0.2, 0.25) is 0 Å². The number of anilines is 2. The van der Waals surface area contributed by atoms with Crippen LogP contribution >= 0.6 is 0 Å². The van der Waals surface area contributed by atoms with E-state index in [4.69, 9.17) is 20.7 Å². The fourth-order valence-corrected chi connectivity index (χ4v) is 2.93. The third kappa shape index (κ3) is 4.48. The zero-order valence-corrected chi connectivity index (χ0v) is 14.3. The predicted octanol–water partition coefficient (Wildman–Crippen LogP) is 4.09. The van der Waals surface area contributed by atoms with Crippen LogP contribution in [0.5, 0.6) is 0 Å². The number of aryl methyl sites for hydroxylation is 2. The number of rotatable bonds is 2. The van der Waals surface area contributed by atoms with Crippen molar-refractivity contribution in [3.05, 3.63) is 29.7 Å². The molecule has 126 valence electrons. The van der Waals surface area contributed by atoms with Crippen LogP contribution in [0.4, 0.5) is 11.4 Å². The van der Waals surface area contributed by atoms with Gasteiger partial charge in [-0.25, -0.2) is 0 Å². The third-order valence-electron chi connectivity index (χ3n) is 4.29. The molecule has 4 N–H and O–H groups in total. The van der Waals surface area contributed by atoms with Gasteiger partial charge in [-0.3, -0.25) is 0 Å². The Labute approximate surface area is 138 Å². The highest BCUT2D eigenvalue weighted by molar-refractivity contribution is 5.76. The molecule has 0 atom stereocenters. The van der Waals surface area contributed by atoms with E-state index < -0.39 is 0 Å². The van der Waals surface area contributed by atoms with E-state index >= 15 is 0 Å². The van der Waals surface area contributed by atoms with E-state index in [0.717, 1.165) is 22.6 Å². The van der Waals surface area contributed by atoms with Gasteiger partial charge in [-0.1, -0.05) is 30.5 Å². The molecule has 0 amide bonds. The average molecular weight is 317 g/mol. The van der Waals surface area contributed by atoms with Crippen molar-refractivity contribution < 1.29 is 9.26 Å².